The summed E-state index contributed by atoms with van der Waals surface area (Å²) in [6.07, 6.45) is 11.7. The smallest absolute Gasteiger partial charge is 0.321 e. The van der Waals surface area contributed by atoms with Crippen LogP contribution in [0.1, 0.15) is 53.4 Å². The van der Waals surface area contributed by atoms with E-state index >= 15 is 0 Å². The largest absolute Gasteiger partial charge is 0.349 e. The number of hydrogen-bond donors (Lipinski definition) is 2. The lowest BCUT2D eigenvalue weighted by atomic mass is 10.1. The number of rotatable bonds is 8. The second-order valence-corrected chi connectivity index (χ2v) is 6.83. The van der Waals surface area contributed by atoms with Crippen molar-refractivity contribution in [2.75, 3.05) is 0 Å². The number of hydrogen-bond acceptors (Lipinski definition) is 1. The lowest BCUT2D eigenvalue weighted by molar-refractivity contribution is 0.386. The van der Waals surface area contributed by atoms with Crippen molar-refractivity contribution < 1.29 is 14.4 Å². The molecule has 3 nitrogen and oxygen atoms in total. The van der Waals surface area contributed by atoms with Crippen LogP contribution in [0.15, 0.2) is 46.8 Å². The van der Waals surface area contributed by atoms with Crippen LogP contribution >= 0.6 is 7.60 Å². The normalized spacial score (nSPS) is 13.9. The highest BCUT2D eigenvalue weighted by molar-refractivity contribution is 7.55. The van der Waals surface area contributed by atoms with E-state index in [0.717, 1.165) is 37.1 Å². The third kappa shape index (κ3) is 13.5. The Hall–Kier alpha value is -0.890. The van der Waals surface area contributed by atoms with Crippen molar-refractivity contribution in [2.45, 2.75) is 53.4 Å². The summed E-state index contributed by atoms with van der Waals surface area (Å²) in [7, 11) is -4.03. The van der Waals surface area contributed by atoms with Crippen LogP contribution < -0.4 is 0 Å². The Morgan fingerprint density at radius 3 is 2.05 bits per heavy atom. The summed E-state index contributed by atoms with van der Waals surface area (Å²) in [5.41, 5.74) is 3.86. The average molecular weight is 298 g/mol. The molecule has 0 amide bonds. The Balaban J connectivity index is 4.09. The van der Waals surface area contributed by atoms with E-state index in [1.54, 1.807) is 6.08 Å². The first-order valence-electron chi connectivity index (χ1n) is 6.90. The van der Waals surface area contributed by atoms with E-state index < -0.39 is 7.60 Å². The zero-order valence-corrected chi connectivity index (χ0v) is 13.9. The SMILES string of the molecule is CC(C)=CCC/C(C)=C/CC/C(C)=C/C=C/P(=O)(O)O. The van der Waals surface area contributed by atoms with Gasteiger partial charge < -0.3 is 9.79 Å². The fraction of sp³-hybridized carbons (Fsp3) is 0.500. The highest BCUT2D eigenvalue weighted by Gasteiger charge is 2.03. The van der Waals surface area contributed by atoms with Crippen molar-refractivity contribution in [3.05, 3.63) is 46.8 Å². The van der Waals surface area contributed by atoms with E-state index in [1.807, 2.05) is 6.92 Å². The molecular weight excluding hydrogens is 271 g/mol. The maximum absolute atomic E-state index is 10.6. The predicted molar refractivity (Wildman–Crippen MR) is 86.6 cm³/mol. The molecule has 0 aromatic rings. The van der Waals surface area contributed by atoms with Crippen molar-refractivity contribution in [3.8, 4) is 0 Å². The third-order valence-corrected chi connectivity index (χ3v) is 3.34. The van der Waals surface area contributed by atoms with E-state index in [-0.39, 0.29) is 0 Å². The Bertz CT molecular complexity index is 446. The van der Waals surface area contributed by atoms with Crippen LogP contribution in [0.2, 0.25) is 0 Å². The molecule has 0 rings (SSSR count). The van der Waals surface area contributed by atoms with Crippen LogP contribution in [0.4, 0.5) is 0 Å². The topological polar surface area (TPSA) is 57.5 Å². The highest BCUT2D eigenvalue weighted by Crippen LogP contribution is 2.35. The van der Waals surface area contributed by atoms with Crippen molar-refractivity contribution in [2.24, 2.45) is 0 Å². The van der Waals surface area contributed by atoms with Gasteiger partial charge in [0.1, 0.15) is 0 Å². The molecule has 114 valence electrons. The first-order chi connectivity index (χ1) is 9.20. The van der Waals surface area contributed by atoms with Crippen LogP contribution in [-0.2, 0) is 4.57 Å². The summed E-state index contributed by atoms with van der Waals surface area (Å²) < 4.78 is 10.6. The second-order valence-electron chi connectivity index (χ2n) is 5.35. The van der Waals surface area contributed by atoms with Gasteiger partial charge in [0.2, 0.25) is 0 Å². The minimum Gasteiger partial charge on any atom is -0.321 e. The lowest BCUT2D eigenvalue weighted by Crippen LogP contribution is -1.80. The summed E-state index contributed by atoms with van der Waals surface area (Å²) in [5, 5.41) is 0. The zero-order valence-electron chi connectivity index (χ0n) is 13.0. The molecule has 0 heterocycles. The van der Waals surface area contributed by atoms with Crippen molar-refractivity contribution in [1.82, 2.24) is 0 Å². The summed E-state index contributed by atoms with van der Waals surface area (Å²) in [5.74, 6) is 0.928. The van der Waals surface area contributed by atoms with Crippen molar-refractivity contribution >= 4 is 7.60 Å². The Labute approximate surface area is 123 Å². The molecule has 0 bridgehead atoms. The third-order valence-electron chi connectivity index (χ3n) is 2.78. The molecule has 0 radical (unpaired) electrons. The molecule has 0 aliphatic carbocycles. The summed E-state index contributed by atoms with van der Waals surface area (Å²) in [6, 6.07) is 0. The molecular formula is C16H27O3P. The Morgan fingerprint density at radius 1 is 0.950 bits per heavy atom. The number of allylic oxidation sites excluding steroid dienone is 7. The van der Waals surface area contributed by atoms with Crippen LogP contribution in [-0.4, -0.2) is 9.79 Å². The summed E-state index contributed by atoms with van der Waals surface area (Å²) in [4.78, 5) is 17.4. The molecule has 0 fully saturated rings. The molecule has 0 aromatic carbocycles. The van der Waals surface area contributed by atoms with Gasteiger partial charge in [-0.25, -0.2) is 0 Å². The van der Waals surface area contributed by atoms with Gasteiger partial charge in [0.15, 0.2) is 0 Å². The molecule has 0 saturated carbocycles. The van der Waals surface area contributed by atoms with Crippen LogP contribution in [0.5, 0.6) is 0 Å². The molecule has 0 aromatic heterocycles. The van der Waals surface area contributed by atoms with Gasteiger partial charge in [-0.2, -0.15) is 0 Å². The van der Waals surface area contributed by atoms with Gasteiger partial charge in [-0.1, -0.05) is 41.0 Å². The molecule has 4 heteroatoms. The van der Waals surface area contributed by atoms with E-state index in [0.29, 0.717) is 0 Å². The minimum absolute atomic E-state index is 0.908. The molecule has 0 aliphatic heterocycles. The first kappa shape index (κ1) is 19.1. The molecule has 0 aliphatic rings. The quantitative estimate of drug-likeness (QED) is 0.372. The van der Waals surface area contributed by atoms with Crippen LogP contribution in [0, 0.1) is 0 Å². The van der Waals surface area contributed by atoms with Crippen LogP contribution in [0.3, 0.4) is 0 Å². The molecule has 0 saturated heterocycles. The van der Waals surface area contributed by atoms with Gasteiger partial charge in [-0.15, -0.1) is 0 Å². The molecule has 0 unspecified atom stereocenters. The van der Waals surface area contributed by atoms with E-state index in [9.17, 15) is 4.57 Å². The molecule has 0 spiro atoms. The average Bonchev–Trinajstić information content (AvgIpc) is 2.26. The van der Waals surface area contributed by atoms with Gasteiger partial charge in [0.05, 0.1) is 0 Å². The monoisotopic (exact) mass is 298 g/mol. The summed E-state index contributed by atoms with van der Waals surface area (Å²) in [6.45, 7) is 8.33. The lowest BCUT2D eigenvalue weighted by Gasteiger charge is -2.00. The van der Waals surface area contributed by atoms with Crippen LogP contribution in [0.25, 0.3) is 0 Å². The second kappa shape index (κ2) is 9.93. The van der Waals surface area contributed by atoms with Gasteiger partial charge in [-0.05, 0) is 53.4 Å². The standard InChI is InChI=1S/C16H27O3P/c1-14(2)8-5-9-15(3)10-6-11-16(4)12-7-13-20(17,18)19/h7-8,10,12-13H,5-6,9,11H2,1-4H3,(H2,17,18,19)/b13-7+,15-10+,16-12+. The predicted octanol–water partition coefficient (Wildman–Crippen LogP) is 5.10. The zero-order chi connectivity index (χ0) is 15.6. The molecule has 20 heavy (non-hydrogen) atoms. The minimum atomic E-state index is -4.03. The molecule has 2 N–H and O–H groups in total. The summed E-state index contributed by atoms with van der Waals surface area (Å²) >= 11 is 0. The van der Waals surface area contributed by atoms with Gasteiger partial charge >= 0.3 is 7.60 Å². The van der Waals surface area contributed by atoms with Gasteiger partial charge in [-0.3, -0.25) is 4.57 Å². The van der Waals surface area contributed by atoms with Crippen molar-refractivity contribution in [1.29, 1.82) is 0 Å². The van der Waals surface area contributed by atoms with Crippen molar-refractivity contribution in [3.63, 3.8) is 0 Å². The maximum Gasteiger partial charge on any atom is 0.349 e. The fourth-order valence-corrected chi connectivity index (χ4v) is 1.95. The maximum atomic E-state index is 10.6. The Morgan fingerprint density at radius 2 is 1.50 bits per heavy atom. The van der Waals surface area contributed by atoms with Gasteiger partial charge in [0, 0.05) is 5.82 Å². The fourth-order valence-electron chi connectivity index (χ4n) is 1.64. The highest BCUT2D eigenvalue weighted by atomic mass is 31.2. The first-order valence-corrected chi connectivity index (χ1v) is 8.58. The van der Waals surface area contributed by atoms with E-state index in [1.165, 1.54) is 17.2 Å². The molecule has 0 atom stereocenters. The van der Waals surface area contributed by atoms with Gasteiger partial charge in [0.25, 0.3) is 0 Å². The Kier molecular flexibility index (Phi) is 9.49. The van der Waals surface area contributed by atoms with E-state index in [2.05, 4.69) is 32.9 Å². The van der Waals surface area contributed by atoms with E-state index in [4.69, 9.17) is 9.79 Å².